The minimum absolute atomic E-state index is 0.115. The molecule has 1 aromatic rings. The summed E-state index contributed by atoms with van der Waals surface area (Å²) in [6.07, 6.45) is 0. The number of benzene rings is 1. The molecule has 0 atom stereocenters. The molecule has 64 valence electrons. The first-order chi connectivity index (χ1) is 5.84. The molecule has 0 unspecified atom stereocenters. The van der Waals surface area contributed by atoms with Crippen LogP contribution >= 0.6 is 0 Å². The largest absolute Gasteiger partial charge is 0.394 e. The second-order valence-electron chi connectivity index (χ2n) is 2.56. The van der Waals surface area contributed by atoms with Gasteiger partial charge in [0.1, 0.15) is 0 Å². The van der Waals surface area contributed by atoms with Crippen LogP contribution < -0.4 is 0 Å². The standard InChI is InChI=1S/C10H13NO/c1-9(11-7-8-12)10-5-3-2-4-6-10/h2-6,12H,7-8H2,1H3. The van der Waals surface area contributed by atoms with Crippen molar-refractivity contribution in [1.82, 2.24) is 0 Å². The Labute approximate surface area is 72.6 Å². The van der Waals surface area contributed by atoms with Crippen molar-refractivity contribution in [3.63, 3.8) is 0 Å². The molecule has 0 aliphatic heterocycles. The average Bonchev–Trinajstić information content (AvgIpc) is 2.15. The SMILES string of the molecule is CC(=NCCO)c1ccccc1. The summed E-state index contributed by atoms with van der Waals surface area (Å²) in [7, 11) is 0. The smallest absolute Gasteiger partial charge is 0.0627 e. The maximum Gasteiger partial charge on any atom is 0.0627 e. The molecule has 0 aromatic heterocycles. The molecule has 12 heavy (non-hydrogen) atoms. The van der Waals surface area contributed by atoms with Gasteiger partial charge in [0.25, 0.3) is 0 Å². The molecule has 0 aliphatic carbocycles. The van der Waals surface area contributed by atoms with Gasteiger partial charge in [0.15, 0.2) is 0 Å². The Morgan fingerprint density at radius 3 is 2.58 bits per heavy atom. The van der Waals surface area contributed by atoms with Crippen LogP contribution in [0, 0.1) is 0 Å². The summed E-state index contributed by atoms with van der Waals surface area (Å²) >= 11 is 0. The van der Waals surface area contributed by atoms with Crippen LogP contribution in [0.25, 0.3) is 0 Å². The van der Waals surface area contributed by atoms with Crippen LogP contribution in [0.15, 0.2) is 35.3 Å². The number of hydrogen-bond acceptors (Lipinski definition) is 2. The summed E-state index contributed by atoms with van der Waals surface area (Å²) in [4.78, 5) is 4.18. The van der Waals surface area contributed by atoms with E-state index in [9.17, 15) is 0 Å². The number of rotatable bonds is 3. The van der Waals surface area contributed by atoms with Gasteiger partial charge in [-0.2, -0.15) is 0 Å². The second kappa shape index (κ2) is 4.67. The molecular formula is C10H13NO. The molecule has 0 fully saturated rings. The third kappa shape index (κ3) is 2.47. The highest BCUT2D eigenvalue weighted by Crippen LogP contribution is 2.00. The first kappa shape index (κ1) is 8.94. The van der Waals surface area contributed by atoms with Crippen LogP contribution in [0.3, 0.4) is 0 Å². The summed E-state index contributed by atoms with van der Waals surface area (Å²) in [5, 5.41) is 8.55. The van der Waals surface area contributed by atoms with Crippen LogP contribution in [0.5, 0.6) is 0 Å². The molecular weight excluding hydrogens is 150 g/mol. The lowest BCUT2D eigenvalue weighted by Gasteiger charge is -1.98. The Kier molecular flexibility index (Phi) is 3.48. The van der Waals surface area contributed by atoms with Crippen molar-refractivity contribution in [2.24, 2.45) is 4.99 Å². The third-order valence-corrected chi connectivity index (χ3v) is 1.64. The van der Waals surface area contributed by atoms with Gasteiger partial charge in [0, 0.05) is 5.71 Å². The zero-order valence-electron chi connectivity index (χ0n) is 7.20. The molecule has 1 rings (SSSR count). The lowest BCUT2D eigenvalue weighted by Crippen LogP contribution is -1.97. The third-order valence-electron chi connectivity index (χ3n) is 1.64. The van der Waals surface area contributed by atoms with Crippen molar-refractivity contribution < 1.29 is 5.11 Å². The van der Waals surface area contributed by atoms with Gasteiger partial charge in [-0.3, -0.25) is 4.99 Å². The summed E-state index contributed by atoms with van der Waals surface area (Å²) in [6.45, 7) is 2.55. The van der Waals surface area contributed by atoms with Gasteiger partial charge >= 0.3 is 0 Å². The van der Waals surface area contributed by atoms with Crippen LogP contribution in [0.2, 0.25) is 0 Å². The fourth-order valence-corrected chi connectivity index (χ4v) is 0.988. The fourth-order valence-electron chi connectivity index (χ4n) is 0.988. The van der Waals surface area contributed by atoms with E-state index in [2.05, 4.69) is 4.99 Å². The molecule has 1 N–H and O–H groups in total. The Morgan fingerprint density at radius 1 is 1.33 bits per heavy atom. The monoisotopic (exact) mass is 163 g/mol. The van der Waals surface area contributed by atoms with E-state index in [1.54, 1.807) is 0 Å². The van der Waals surface area contributed by atoms with Gasteiger partial charge < -0.3 is 5.11 Å². The average molecular weight is 163 g/mol. The van der Waals surface area contributed by atoms with Crippen LogP contribution in [0.1, 0.15) is 12.5 Å². The fraction of sp³-hybridized carbons (Fsp3) is 0.300. The summed E-state index contributed by atoms with van der Waals surface area (Å²) in [6, 6.07) is 9.95. The molecule has 0 saturated carbocycles. The van der Waals surface area contributed by atoms with Crippen molar-refractivity contribution in [3.05, 3.63) is 35.9 Å². The summed E-state index contributed by atoms with van der Waals surface area (Å²) < 4.78 is 0. The summed E-state index contributed by atoms with van der Waals surface area (Å²) in [5.74, 6) is 0. The molecule has 1 aromatic carbocycles. The lowest BCUT2D eigenvalue weighted by molar-refractivity contribution is 0.307. The number of aliphatic hydroxyl groups is 1. The van der Waals surface area contributed by atoms with Crippen LogP contribution in [-0.4, -0.2) is 24.0 Å². The Balaban J connectivity index is 2.71. The Bertz CT molecular complexity index is 254. The van der Waals surface area contributed by atoms with Gasteiger partial charge in [0.05, 0.1) is 13.2 Å². The molecule has 0 heterocycles. The van der Waals surface area contributed by atoms with Crippen molar-refractivity contribution in [2.75, 3.05) is 13.2 Å². The van der Waals surface area contributed by atoms with Crippen molar-refractivity contribution >= 4 is 5.71 Å². The Morgan fingerprint density at radius 2 is 2.00 bits per heavy atom. The van der Waals surface area contributed by atoms with Crippen LogP contribution in [0.4, 0.5) is 0 Å². The van der Waals surface area contributed by atoms with Gasteiger partial charge in [-0.1, -0.05) is 30.3 Å². The molecule has 0 spiro atoms. The maximum atomic E-state index is 8.55. The van der Waals surface area contributed by atoms with Crippen LogP contribution in [-0.2, 0) is 0 Å². The predicted octanol–water partition coefficient (Wildman–Crippen LogP) is 1.49. The Hall–Kier alpha value is -1.15. The zero-order valence-corrected chi connectivity index (χ0v) is 7.20. The molecule has 2 heteroatoms. The second-order valence-corrected chi connectivity index (χ2v) is 2.56. The minimum Gasteiger partial charge on any atom is -0.394 e. The lowest BCUT2D eigenvalue weighted by atomic mass is 10.1. The van der Waals surface area contributed by atoms with E-state index >= 15 is 0 Å². The number of aliphatic imine (C=N–C) groups is 1. The topological polar surface area (TPSA) is 32.6 Å². The molecule has 0 radical (unpaired) electrons. The van der Waals surface area contributed by atoms with Crippen molar-refractivity contribution in [2.45, 2.75) is 6.92 Å². The maximum absolute atomic E-state index is 8.55. The van der Waals surface area contributed by atoms with E-state index in [0.29, 0.717) is 6.54 Å². The van der Waals surface area contributed by atoms with E-state index in [4.69, 9.17) is 5.11 Å². The highest BCUT2D eigenvalue weighted by Gasteiger charge is 1.92. The number of aliphatic hydroxyl groups excluding tert-OH is 1. The zero-order chi connectivity index (χ0) is 8.81. The molecule has 2 nitrogen and oxygen atoms in total. The highest BCUT2D eigenvalue weighted by molar-refractivity contribution is 5.98. The van der Waals surface area contributed by atoms with E-state index in [1.807, 2.05) is 37.3 Å². The van der Waals surface area contributed by atoms with Crippen molar-refractivity contribution in [1.29, 1.82) is 0 Å². The van der Waals surface area contributed by atoms with E-state index in [-0.39, 0.29) is 6.61 Å². The summed E-state index contributed by atoms with van der Waals surface area (Å²) in [5.41, 5.74) is 2.09. The van der Waals surface area contributed by atoms with Gasteiger partial charge in [0.2, 0.25) is 0 Å². The van der Waals surface area contributed by atoms with Gasteiger partial charge in [-0.15, -0.1) is 0 Å². The van der Waals surface area contributed by atoms with Crippen molar-refractivity contribution in [3.8, 4) is 0 Å². The normalized spacial score (nSPS) is 11.7. The molecule has 0 bridgehead atoms. The predicted molar refractivity (Wildman–Crippen MR) is 50.6 cm³/mol. The molecule has 0 aliphatic rings. The first-order valence-electron chi connectivity index (χ1n) is 4.02. The van der Waals surface area contributed by atoms with Gasteiger partial charge in [-0.25, -0.2) is 0 Å². The van der Waals surface area contributed by atoms with E-state index < -0.39 is 0 Å². The first-order valence-corrected chi connectivity index (χ1v) is 4.02. The van der Waals surface area contributed by atoms with E-state index in [1.165, 1.54) is 0 Å². The number of nitrogens with zero attached hydrogens (tertiary/aromatic N) is 1. The quantitative estimate of drug-likeness (QED) is 0.673. The molecule has 0 amide bonds. The number of hydrogen-bond donors (Lipinski definition) is 1. The molecule has 0 saturated heterocycles. The van der Waals surface area contributed by atoms with E-state index in [0.717, 1.165) is 11.3 Å². The highest BCUT2D eigenvalue weighted by atomic mass is 16.3. The van der Waals surface area contributed by atoms with Gasteiger partial charge in [-0.05, 0) is 12.5 Å². The minimum atomic E-state index is 0.115.